The fourth-order valence-electron chi connectivity index (χ4n) is 2.20. The van der Waals surface area contributed by atoms with E-state index in [1.54, 1.807) is 31.4 Å². The first-order valence-corrected chi connectivity index (χ1v) is 9.48. The van der Waals surface area contributed by atoms with E-state index in [1.165, 1.54) is 11.3 Å². The summed E-state index contributed by atoms with van der Waals surface area (Å²) < 4.78 is 5.08. The highest BCUT2D eigenvalue weighted by atomic mass is 32.1. The summed E-state index contributed by atoms with van der Waals surface area (Å²) in [6, 6.07) is 7.06. The number of amides is 2. The minimum absolute atomic E-state index is 0.0560. The number of ether oxygens (including phenoxy) is 1. The largest absolute Gasteiger partial charge is 0.497 e. The van der Waals surface area contributed by atoms with E-state index < -0.39 is 0 Å². The summed E-state index contributed by atoms with van der Waals surface area (Å²) in [5, 5.41) is 14.7. The number of hydrogen-bond acceptors (Lipinski definition) is 6. The standard InChI is InChI=1S/C18H24N4O3S/c1-3-4-12-19-15(23)6-5-7-16-21-22-18(26-16)17(24)20-13-8-10-14(25-2)11-9-13/h8-11H,3-7,12H2,1-2H3,(H,19,23)(H,20,24). The van der Waals surface area contributed by atoms with Crippen molar-refractivity contribution < 1.29 is 14.3 Å². The van der Waals surface area contributed by atoms with Crippen molar-refractivity contribution >= 4 is 28.8 Å². The quantitative estimate of drug-likeness (QED) is 0.622. The number of hydrogen-bond donors (Lipinski definition) is 2. The zero-order valence-corrected chi connectivity index (χ0v) is 15.9. The Morgan fingerprint density at radius 1 is 1.15 bits per heavy atom. The lowest BCUT2D eigenvalue weighted by molar-refractivity contribution is -0.121. The highest BCUT2D eigenvalue weighted by Gasteiger charge is 2.13. The molecule has 0 atom stereocenters. The number of anilines is 1. The van der Waals surface area contributed by atoms with Crippen molar-refractivity contribution in [3.63, 3.8) is 0 Å². The fourth-order valence-corrected chi connectivity index (χ4v) is 2.98. The Kier molecular flexibility index (Phi) is 8.01. The van der Waals surface area contributed by atoms with Crippen LogP contribution in [0.15, 0.2) is 24.3 Å². The first kappa shape index (κ1) is 19.8. The van der Waals surface area contributed by atoms with Gasteiger partial charge in [-0.05, 0) is 37.1 Å². The monoisotopic (exact) mass is 376 g/mol. The van der Waals surface area contributed by atoms with Gasteiger partial charge in [-0.3, -0.25) is 9.59 Å². The van der Waals surface area contributed by atoms with E-state index in [2.05, 4.69) is 27.8 Å². The normalized spacial score (nSPS) is 10.4. The van der Waals surface area contributed by atoms with E-state index in [4.69, 9.17) is 4.74 Å². The summed E-state index contributed by atoms with van der Waals surface area (Å²) in [7, 11) is 1.59. The summed E-state index contributed by atoms with van der Waals surface area (Å²) in [5.74, 6) is 0.483. The number of nitrogens with zero attached hydrogens (tertiary/aromatic N) is 2. The molecule has 7 nitrogen and oxygen atoms in total. The Hall–Kier alpha value is -2.48. The van der Waals surface area contributed by atoms with Gasteiger partial charge in [-0.15, -0.1) is 10.2 Å². The van der Waals surface area contributed by atoms with Crippen LogP contribution in [0.4, 0.5) is 5.69 Å². The van der Waals surface area contributed by atoms with Gasteiger partial charge in [0.05, 0.1) is 7.11 Å². The van der Waals surface area contributed by atoms with Crippen molar-refractivity contribution in [2.75, 3.05) is 19.0 Å². The third-order valence-corrected chi connectivity index (χ3v) is 4.64. The molecular formula is C18H24N4O3S. The van der Waals surface area contributed by atoms with Crippen LogP contribution >= 0.6 is 11.3 Å². The molecule has 0 aliphatic rings. The van der Waals surface area contributed by atoms with E-state index in [1.807, 2.05) is 0 Å². The maximum atomic E-state index is 12.2. The van der Waals surface area contributed by atoms with Gasteiger partial charge < -0.3 is 15.4 Å². The van der Waals surface area contributed by atoms with Crippen LogP contribution in [-0.4, -0.2) is 35.7 Å². The van der Waals surface area contributed by atoms with E-state index in [-0.39, 0.29) is 11.8 Å². The lowest BCUT2D eigenvalue weighted by atomic mass is 10.2. The molecule has 26 heavy (non-hydrogen) atoms. The minimum atomic E-state index is -0.295. The summed E-state index contributed by atoms with van der Waals surface area (Å²) in [4.78, 5) is 23.9. The molecule has 1 aromatic carbocycles. The highest BCUT2D eigenvalue weighted by Crippen LogP contribution is 2.18. The first-order valence-electron chi connectivity index (χ1n) is 8.67. The van der Waals surface area contributed by atoms with Crippen LogP contribution in [-0.2, 0) is 11.2 Å². The van der Waals surface area contributed by atoms with Crippen LogP contribution in [0, 0.1) is 0 Å². The van der Waals surface area contributed by atoms with Crippen LogP contribution in [0.25, 0.3) is 0 Å². The molecule has 0 saturated heterocycles. The van der Waals surface area contributed by atoms with Crippen LogP contribution in [0.2, 0.25) is 0 Å². The molecule has 0 spiro atoms. The van der Waals surface area contributed by atoms with Crippen LogP contribution < -0.4 is 15.4 Å². The van der Waals surface area contributed by atoms with Crippen molar-refractivity contribution in [3.05, 3.63) is 34.3 Å². The van der Waals surface area contributed by atoms with Gasteiger partial charge in [-0.2, -0.15) is 0 Å². The second kappa shape index (κ2) is 10.5. The highest BCUT2D eigenvalue weighted by molar-refractivity contribution is 7.13. The minimum Gasteiger partial charge on any atom is -0.497 e. The van der Waals surface area contributed by atoms with Gasteiger partial charge in [-0.25, -0.2) is 0 Å². The number of carbonyl (C=O) groups is 2. The average Bonchev–Trinajstić information content (AvgIpc) is 3.12. The summed E-state index contributed by atoms with van der Waals surface area (Å²) in [6.07, 6.45) is 3.83. The number of carbonyl (C=O) groups excluding carboxylic acids is 2. The fraction of sp³-hybridized carbons (Fsp3) is 0.444. The average molecular weight is 376 g/mol. The summed E-state index contributed by atoms with van der Waals surface area (Å²) >= 11 is 1.25. The zero-order valence-electron chi connectivity index (χ0n) is 15.1. The van der Waals surface area contributed by atoms with Gasteiger partial charge in [-0.1, -0.05) is 24.7 Å². The van der Waals surface area contributed by atoms with E-state index in [9.17, 15) is 9.59 Å². The molecule has 0 radical (unpaired) electrons. The van der Waals surface area contributed by atoms with E-state index in [0.717, 1.165) is 30.1 Å². The molecule has 0 unspecified atom stereocenters. The molecule has 0 saturated carbocycles. The van der Waals surface area contributed by atoms with Crippen LogP contribution in [0.1, 0.15) is 47.4 Å². The van der Waals surface area contributed by atoms with Crippen molar-refractivity contribution in [2.45, 2.75) is 39.0 Å². The van der Waals surface area contributed by atoms with Gasteiger partial charge in [0.1, 0.15) is 10.8 Å². The number of aromatic nitrogens is 2. The lowest BCUT2D eigenvalue weighted by Gasteiger charge is -2.04. The summed E-state index contributed by atoms with van der Waals surface area (Å²) in [6.45, 7) is 2.81. The Bertz CT molecular complexity index is 715. The molecule has 0 fully saturated rings. The second-order valence-corrected chi connectivity index (χ2v) is 6.80. The van der Waals surface area contributed by atoms with Crippen molar-refractivity contribution in [2.24, 2.45) is 0 Å². The van der Waals surface area contributed by atoms with Gasteiger partial charge in [0.15, 0.2) is 0 Å². The molecule has 140 valence electrons. The maximum Gasteiger partial charge on any atom is 0.286 e. The molecule has 1 aromatic heterocycles. The van der Waals surface area contributed by atoms with Crippen molar-refractivity contribution in [1.29, 1.82) is 0 Å². The van der Waals surface area contributed by atoms with Gasteiger partial charge >= 0.3 is 0 Å². The molecule has 2 aromatic rings. The van der Waals surface area contributed by atoms with Gasteiger partial charge in [0.2, 0.25) is 10.9 Å². The molecule has 0 bridgehead atoms. The molecule has 0 aliphatic heterocycles. The SMILES string of the molecule is CCCCNC(=O)CCCc1nnc(C(=O)Nc2ccc(OC)cc2)s1. The van der Waals surface area contributed by atoms with Crippen LogP contribution in [0.5, 0.6) is 5.75 Å². The van der Waals surface area contributed by atoms with Crippen LogP contribution in [0.3, 0.4) is 0 Å². The number of rotatable bonds is 10. The Balaban J connectivity index is 1.77. The predicted molar refractivity (Wildman–Crippen MR) is 102 cm³/mol. The second-order valence-electron chi connectivity index (χ2n) is 5.74. The molecule has 8 heteroatoms. The molecular weight excluding hydrogens is 352 g/mol. The van der Waals surface area contributed by atoms with Gasteiger partial charge in [0.25, 0.3) is 5.91 Å². The molecule has 0 aliphatic carbocycles. The number of benzene rings is 1. The number of methoxy groups -OCH3 is 1. The summed E-state index contributed by atoms with van der Waals surface area (Å²) in [5.41, 5.74) is 0.663. The number of aryl methyl sites for hydroxylation is 1. The topological polar surface area (TPSA) is 93.2 Å². The van der Waals surface area contributed by atoms with Crippen molar-refractivity contribution in [3.8, 4) is 5.75 Å². The lowest BCUT2D eigenvalue weighted by Crippen LogP contribution is -2.23. The molecule has 1 heterocycles. The molecule has 2 amide bonds. The van der Waals surface area contributed by atoms with Crippen molar-refractivity contribution in [1.82, 2.24) is 15.5 Å². The Labute approximate surface area is 157 Å². The molecule has 2 N–H and O–H groups in total. The smallest absolute Gasteiger partial charge is 0.286 e. The van der Waals surface area contributed by atoms with E-state index >= 15 is 0 Å². The maximum absolute atomic E-state index is 12.2. The Morgan fingerprint density at radius 3 is 2.62 bits per heavy atom. The number of nitrogens with one attached hydrogen (secondary N) is 2. The zero-order chi connectivity index (χ0) is 18.8. The third-order valence-electron chi connectivity index (χ3n) is 3.66. The first-order chi connectivity index (χ1) is 12.6. The van der Waals surface area contributed by atoms with Gasteiger partial charge in [0, 0.05) is 25.1 Å². The Morgan fingerprint density at radius 2 is 1.92 bits per heavy atom. The third kappa shape index (κ3) is 6.44. The predicted octanol–water partition coefficient (Wildman–Crippen LogP) is 3.04. The number of unbranched alkanes of at least 4 members (excludes halogenated alkanes) is 1. The molecule has 2 rings (SSSR count). The van der Waals surface area contributed by atoms with E-state index in [0.29, 0.717) is 30.0 Å².